The van der Waals surface area contributed by atoms with Crippen LogP contribution in [-0.2, 0) is 0 Å². The number of nitrogens with two attached hydrogens (primary N) is 1. The Bertz CT molecular complexity index is 659. The van der Waals surface area contributed by atoms with Gasteiger partial charge in [0.15, 0.2) is 0 Å². The van der Waals surface area contributed by atoms with E-state index in [2.05, 4.69) is 9.97 Å². The molecular weight excluding hydrogens is 292 g/mol. The summed E-state index contributed by atoms with van der Waals surface area (Å²) in [5.41, 5.74) is 6.16. The summed E-state index contributed by atoms with van der Waals surface area (Å²) in [6.07, 6.45) is 4.64. The van der Waals surface area contributed by atoms with Crippen molar-refractivity contribution in [1.29, 1.82) is 0 Å². The van der Waals surface area contributed by atoms with Crippen molar-refractivity contribution >= 4 is 5.91 Å². The molecule has 2 aromatic rings. The molecule has 0 aliphatic heterocycles. The van der Waals surface area contributed by atoms with Crippen molar-refractivity contribution in [2.75, 3.05) is 20.1 Å². The molecule has 0 radical (unpaired) electrons. The van der Waals surface area contributed by atoms with Gasteiger partial charge in [-0.1, -0.05) is 19.9 Å². The highest BCUT2D eigenvalue weighted by Gasteiger charge is 2.22. The van der Waals surface area contributed by atoms with E-state index in [0.717, 1.165) is 0 Å². The number of carbonyl (C=O) groups excluding carboxylic acids is 1. The maximum absolute atomic E-state index is 12.5. The van der Waals surface area contributed by atoms with Crippen LogP contribution in [0.1, 0.15) is 24.2 Å². The Morgan fingerprint density at radius 1 is 1.35 bits per heavy atom. The molecule has 23 heavy (non-hydrogen) atoms. The molecule has 1 heterocycles. The van der Waals surface area contributed by atoms with Crippen molar-refractivity contribution in [2.45, 2.75) is 13.8 Å². The summed E-state index contributed by atoms with van der Waals surface area (Å²) in [4.78, 5) is 22.2. The average molecular weight is 314 g/mol. The number of aromatic nitrogens is 2. The third-order valence-corrected chi connectivity index (χ3v) is 3.41. The number of amides is 1. The lowest BCUT2D eigenvalue weighted by Gasteiger charge is -2.29. The topological polar surface area (TPSA) is 81.3 Å². The predicted octanol–water partition coefficient (Wildman–Crippen LogP) is 2.33. The third kappa shape index (κ3) is 4.75. The molecule has 0 fully saturated rings. The van der Waals surface area contributed by atoms with E-state index in [9.17, 15) is 4.79 Å². The highest BCUT2D eigenvalue weighted by atomic mass is 16.5. The van der Waals surface area contributed by atoms with Gasteiger partial charge in [-0.3, -0.25) is 9.78 Å². The van der Waals surface area contributed by atoms with E-state index in [1.54, 1.807) is 48.6 Å². The van der Waals surface area contributed by atoms with Crippen LogP contribution in [0, 0.1) is 5.41 Å². The average Bonchev–Trinajstić information content (AvgIpc) is 2.55. The lowest BCUT2D eigenvalue weighted by atomic mass is 9.93. The molecule has 1 aromatic heterocycles. The number of rotatable bonds is 6. The number of hydrogen-bond acceptors (Lipinski definition) is 5. The van der Waals surface area contributed by atoms with Crippen LogP contribution in [0.15, 0.2) is 42.9 Å². The molecule has 0 bridgehead atoms. The zero-order valence-corrected chi connectivity index (χ0v) is 13.7. The van der Waals surface area contributed by atoms with E-state index < -0.39 is 0 Å². The highest BCUT2D eigenvalue weighted by Crippen LogP contribution is 2.21. The van der Waals surface area contributed by atoms with Gasteiger partial charge in [0.25, 0.3) is 5.91 Å². The maximum Gasteiger partial charge on any atom is 0.253 e. The fourth-order valence-electron chi connectivity index (χ4n) is 2.15. The number of hydrogen-bond donors (Lipinski definition) is 1. The fourth-order valence-corrected chi connectivity index (χ4v) is 2.15. The summed E-state index contributed by atoms with van der Waals surface area (Å²) in [5.74, 6) is 0.855. The smallest absolute Gasteiger partial charge is 0.253 e. The van der Waals surface area contributed by atoms with Gasteiger partial charge < -0.3 is 15.4 Å². The largest absolute Gasteiger partial charge is 0.437 e. The lowest BCUT2D eigenvalue weighted by molar-refractivity contribution is 0.0740. The van der Waals surface area contributed by atoms with Crippen LogP contribution < -0.4 is 10.5 Å². The lowest BCUT2D eigenvalue weighted by Crippen LogP contribution is -2.39. The quantitative estimate of drug-likeness (QED) is 0.885. The van der Waals surface area contributed by atoms with Crippen LogP contribution in [0.2, 0.25) is 0 Å². The van der Waals surface area contributed by atoms with Gasteiger partial charge in [0, 0.05) is 31.5 Å². The van der Waals surface area contributed by atoms with Gasteiger partial charge in [-0.25, -0.2) is 4.98 Å². The third-order valence-electron chi connectivity index (χ3n) is 3.41. The molecule has 0 aliphatic rings. The van der Waals surface area contributed by atoms with Gasteiger partial charge in [-0.15, -0.1) is 0 Å². The molecule has 0 aliphatic carbocycles. The van der Waals surface area contributed by atoms with Crippen molar-refractivity contribution < 1.29 is 9.53 Å². The van der Waals surface area contributed by atoms with Gasteiger partial charge in [-0.05, 0) is 30.2 Å². The Hall–Kier alpha value is -2.47. The molecule has 1 amide bonds. The molecule has 122 valence electrons. The van der Waals surface area contributed by atoms with E-state index >= 15 is 0 Å². The summed E-state index contributed by atoms with van der Waals surface area (Å²) in [7, 11) is 1.77. The van der Waals surface area contributed by atoms with Crippen LogP contribution in [0.4, 0.5) is 0 Å². The maximum atomic E-state index is 12.5. The van der Waals surface area contributed by atoms with E-state index in [1.165, 1.54) is 6.20 Å². The molecular formula is C17H22N4O2. The van der Waals surface area contributed by atoms with Gasteiger partial charge in [0.1, 0.15) is 5.75 Å². The molecule has 6 nitrogen and oxygen atoms in total. The zero-order valence-electron chi connectivity index (χ0n) is 13.7. The predicted molar refractivity (Wildman–Crippen MR) is 88.3 cm³/mol. The van der Waals surface area contributed by atoms with Crippen LogP contribution in [-0.4, -0.2) is 40.9 Å². The molecule has 0 spiro atoms. The Morgan fingerprint density at radius 2 is 2.13 bits per heavy atom. The van der Waals surface area contributed by atoms with Crippen molar-refractivity contribution in [2.24, 2.45) is 11.1 Å². The zero-order chi connectivity index (χ0) is 16.9. The number of ether oxygens (including phenoxy) is 1. The van der Waals surface area contributed by atoms with Crippen LogP contribution in [0.5, 0.6) is 11.6 Å². The van der Waals surface area contributed by atoms with Crippen molar-refractivity contribution in [3.8, 4) is 11.6 Å². The van der Waals surface area contributed by atoms with Crippen LogP contribution >= 0.6 is 0 Å². The van der Waals surface area contributed by atoms with E-state index in [1.807, 2.05) is 13.8 Å². The van der Waals surface area contributed by atoms with Gasteiger partial charge in [-0.2, -0.15) is 0 Å². The summed E-state index contributed by atoms with van der Waals surface area (Å²) in [6.45, 7) is 5.16. The molecule has 2 N–H and O–H groups in total. The van der Waals surface area contributed by atoms with Gasteiger partial charge in [0.05, 0.1) is 6.20 Å². The summed E-state index contributed by atoms with van der Waals surface area (Å²) in [5, 5.41) is 0. The van der Waals surface area contributed by atoms with E-state index in [4.69, 9.17) is 10.5 Å². The summed E-state index contributed by atoms with van der Waals surface area (Å²) in [6, 6.07) is 7.01. The second kappa shape index (κ2) is 7.19. The number of benzene rings is 1. The van der Waals surface area contributed by atoms with Gasteiger partial charge in [0.2, 0.25) is 5.88 Å². The second-order valence-electron chi connectivity index (χ2n) is 6.20. The summed E-state index contributed by atoms with van der Waals surface area (Å²) >= 11 is 0. The molecule has 6 heteroatoms. The standard InChI is InChI=1S/C17H22N4O2/c1-17(2,11-18)12-21(3)16(22)13-5-4-6-14(9-13)23-15-10-19-7-8-20-15/h4-10H,11-12,18H2,1-3H3. The normalized spacial score (nSPS) is 11.1. The molecule has 0 atom stereocenters. The van der Waals surface area contributed by atoms with Crippen molar-refractivity contribution in [3.63, 3.8) is 0 Å². The minimum absolute atomic E-state index is 0.0730. The van der Waals surface area contributed by atoms with Crippen molar-refractivity contribution in [1.82, 2.24) is 14.9 Å². The Kier molecular flexibility index (Phi) is 5.28. The van der Waals surface area contributed by atoms with E-state index in [0.29, 0.717) is 30.3 Å². The minimum Gasteiger partial charge on any atom is -0.437 e. The molecule has 0 saturated heterocycles. The monoisotopic (exact) mass is 314 g/mol. The second-order valence-corrected chi connectivity index (χ2v) is 6.20. The molecule has 1 aromatic carbocycles. The highest BCUT2D eigenvalue weighted by molar-refractivity contribution is 5.94. The van der Waals surface area contributed by atoms with Crippen molar-refractivity contribution in [3.05, 3.63) is 48.4 Å². The first-order chi connectivity index (χ1) is 10.9. The van der Waals surface area contributed by atoms with Crippen LogP contribution in [0.3, 0.4) is 0 Å². The summed E-state index contributed by atoms with van der Waals surface area (Å²) < 4.78 is 5.61. The molecule has 0 saturated carbocycles. The number of nitrogens with zero attached hydrogens (tertiary/aromatic N) is 3. The first-order valence-corrected chi connectivity index (χ1v) is 7.41. The molecule has 2 rings (SSSR count). The fraction of sp³-hybridized carbons (Fsp3) is 0.353. The SMILES string of the molecule is CN(CC(C)(C)CN)C(=O)c1cccc(Oc2cnccn2)c1. The molecule has 0 unspecified atom stereocenters. The minimum atomic E-state index is -0.127. The Morgan fingerprint density at radius 3 is 2.78 bits per heavy atom. The Balaban J connectivity index is 2.11. The Labute approximate surface area is 136 Å². The number of carbonyl (C=O) groups is 1. The van der Waals surface area contributed by atoms with Gasteiger partial charge >= 0.3 is 0 Å². The first kappa shape index (κ1) is 16.9. The van der Waals surface area contributed by atoms with E-state index in [-0.39, 0.29) is 11.3 Å². The first-order valence-electron chi connectivity index (χ1n) is 7.41. The van der Waals surface area contributed by atoms with Crippen LogP contribution in [0.25, 0.3) is 0 Å².